The third kappa shape index (κ3) is 5.00. The highest BCUT2D eigenvalue weighted by atomic mass is 35.5. The number of hydrazine groups is 1. The van der Waals surface area contributed by atoms with Gasteiger partial charge < -0.3 is 4.74 Å². The van der Waals surface area contributed by atoms with Gasteiger partial charge in [-0.1, -0.05) is 11.6 Å². The summed E-state index contributed by atoms with van der Waals surface area (Å²) in [5, 5.41) is 11.9. The van der Waals surface area contributed by atoms with Crippen molar-refractivity contribution in [2.75, 3.05) is 12.5 Å². The molecule has 27 heavy (non-hydrogen) atoms. The van der Waals surface area contributed by atoms with Gasteiger partial charge in [-0.05, 0) is 24.3 Å². The van der Waals surface area contributed by atoms with E-state index >= 15 is 0 Å². The predicted octanol–water partition coefficient (Wildman–Crippen LogP) is 4.86. The van der Waals surface area contributed by atoms with Crippen LogP contribution in [0.25, 0.3) is 0 Å². The van der Waals surface area contributed by atoms with Gasteiger partial charge in [-0.25, -0.2) is 0 Å². The summed E-state index contributed by atoms with van der Waals surface area (Å²) in [6, 6.07) is 6.17. The maximum absolute atomic E-state index is 12.7. The largest absolute Gasteiger partial charge is 0.456 e. The lowest BCUT2D eigenvalue weighted by Gasteiger charge is -2.18. The highest BCUT2D eigenvalue weighted by Crippen LogP contribution is 2.38. The number of amides is 1. The van der Waals surface area contributed by atoms with Crippen molar-refractivity contribution in [1.82, 2.24) is 5.01 Å². The standard InChI is InChI=1S/C16H13ClF3N3O4/c1-9(24)22(2)21-13-8-11(4-5-14(13)23(25)26)27-15-6-3-10(7-12(15)17)16(18,19)20/h3-8,21H,1-2H3. The van der Waals surface area contributed by atoms with Gasteiger partial charge in [0.25, 0.3) is 5.69 Å². The van der Waals surface area contributed by atoms with Crippen LogP contribution in [0.4, 0.5) is 24.5 Å². The molecule has 11 heteroatoms. The van der Waals surface area contributed by atoms with Crippen molar-refractivity contribution < 1.29 is 27.6 Å². The van der Waals surface area contributed by atoms with Crippen LogP contribution in [0.3, 0.4) is 0 Å². The fourth-order valence-corrected chi connectivity index (χ4v) is 2.19. The molecule has 0 heterocycles. The molecule has 2 aromatic rings. The summed E-state index contributed by atoms with van der Waals surface area (Å²) in [6.07, 6.45) is -4.55. The molecule has 0 spiro atoms. The third-order valence-electron chi connectivity index (χ3n) is 3.41. The molecule has 0 saturated heterocycles. The molecule has 0 bridgehead atoms. The molecule has 2 aromatic carbocycles. The van der Waals surface area contributed by atoms with Crippen molar-refractivity contribution in [2.24, 2.45) is 0 Å². The van der Waals surface area contributed by atoms with Gasteiger partial charge in [0.2, 0.25) is 5.91 Å². The van der Waals surface area contributed by atoms with E-state index in [1.807, 2.05) is 0 Å². The van der Waals surface area contributed by atoms with E-state index in [1.165, 1.54) is 26.1 Å². The number of hydrogen-bond donors (Lipinski definition) is 1. The van der Waals surface area contributed by atoms with Gasteiger partial charge in [0.05, 0.1) is 15.5 Å². The summed E-state index contributed by atoms with van der Waals surface area (Å²) in [6.45, 7) is 1.25. The maximum atomic E-state index is 12.7. The van der Waals surface area contributed by atoms with E-state index in [0.29, 0.717) is 6.07 Å². The molecule has 0 aliphatic heterocycles. The van der Waals surface area contributed by atoms with Crippen LogP contribution in [0.15, 0.2) is 36.4 Å². The number of carbonyl (C=O) groups is 1. The number of nitro benzene ring substituents is 1. The second kappa shape index (κ2) is 7.70. The molecule has 2 rings (SSSR count). The van der Waals surface area contributed by atoms with Gasteiger partial charge in [-0.2, -0.15) is 13.2 Å². The summed E-state index contributed by atoms with van der Waals surface area (Å²) in [5.41, 5.74) is 1.24. The summed E-state index contributed by atoms with van der Waals surface area (Å²) in [5.74, 6) is -0.396. The van der Waals surface area contributed by atoms with Crippen LogP contribution < -0.4 is 10.2 Å². The Hall–Kier alpha value is -3.01. The number of ether oxygens (including phenoxy) is 1. The molecular weight excluding hydrogens is 391 g/mol. The minimum Gasteiger partial charge on any atom is -0.456 e. The van der Waals surface area contributed by atoms with Crippen LogP contribution in [0.5, 0.6) is 11.5 Å². The number of benzene rings is 2. The summed E-state index contributed by atoms with van der Waals surface area (Å²) < 4.78 is 43.5. The van der Waals surface area contributed by atoms with Crippen molar-refractivity contribution in [3.8, 4) is 11.5 Å². The average molecular weight is 404 g/mol. The van der Waals surface area contributed by atoms with Gasteiger partial charge in [0.15, 0.2) is 0 Å². The number of nitrogens with one attached hydrogen (secondary N) is 1. The van der Waals surface area contributed by atoms with Crippen LogP contribution in [-0.2, 0) is 11.0 Å². The van der Waals surface area contributed by atoms with Crippen molar-refractivity contribution in [3.05, 3.63) is 57.1 Å². The molecule has 0 atom stereocenters. The summed E-state index contributed by atoms with van der Waals surface area (Å²) >= 11 is 5.83. The number of alkyl halides is 3. The average Bonchev–Trinajstić information content (AvgIpc) is 2.55. The first-order chi connectivity index (χ1) is 12.5. The fraction of sp³-hybridized carbons (Fsp3) is 0.188. The Morgan fingerprint density at radius 3 is 2.44 bits per heavy atom. The van der Waals surface area contributed by atoms with Crippen LogP contribution in [-0.4, -0.2) is 22.9 Å². The van der Waals surface area contributed by atoms with Crippen molar-refractivity contribution in [3.63, 3.8) is 0 Å². The third-order valence-corrected chi connectivity index (χ3v) is 3.71. The van der Waals surface area contributed by atoms with Crippen LogP contribution in [0.1, 0.15) is 12.5 Å². The zero-order valence-electron chi connectivity index (χ0n) is 14.0. The highest BCUT2D eigenvalue weighted by Gasteiger charge is 2.31. The smallest absolute Gasteiger partial charge is 0.416 e. The topological polar surface area (TPSA) is 84.7 Å². The first-order valence-corrected chi connectivity index (χ1v) is 7.71. The van der Waals surface area contributed by atoms with Crippen LogP contribution >= 0.6 is 11.6 Å². The Balaban J connectivity index is 2.34. The van der Waals surface area contributed by atoms with Gasteiger partial charge in [-0.3, -0.25) is 25.3 Å². The van der Waals surface area contributed by atoms with Crippen molar-refractivity contribution in [1.29, 1.82) is 0 Å². The maximum Gasteiger partial charge on any atom is 0.416 e. The summed E-state index contributed by atoms with van der Waals surface area (Å²) in [7, 11) is 1.37. The minimum atomic E-state index is -4.55. The number of nitrogens with zero attached hydrogens (tertiary/aromatic N) is 2. The Kier molecular flexibility index (Phi) is 5.79. The molecule has 0 aliphatic carbocycles. The number of halogens is 4. The molecule has 0 fully saturated rings. The van der Waals surface area contributed by atoms with Gasteiger partial charge in [0, 0.05) is 26.1 Å². The Morgan fingerprint density at radius 1 is 1.26 bits per heavy atom. The number of anilines is 1. The zero-order chi connectivity index (χ0) is 20.4. The molecule has 0 saturated carbocycles. The normalized spacial score (nSPS) is 11.0. The molecular formula is C16H13ClF3N3O4. The second-order valence-corrected chi connectivity index (χ2v) is 5.78. The highest BCUT2D eigenvalue weighted by molar-refractivity contribution is 6.32. The van der Waals surface area contributed by atoms with E-state index < -0.39 is 22.6 Å². The van der Waals surface area contributed by atoms with E-state index in [1.54, 1.807) is 0 Å². The molecule has 0 unspecified atom stereocenters. The minimum absolute atomic E-state index is 0.0433. The Morgan fingerprint density at radius 2 is 1.93 bits per heavy atom. The number of carbonyl (C=O) groups excluding carboxylic acids is 1. The fourth-order valence-electron chi connectivity index (χ4n) is 1.97. The first kappa shape index (κ1) is 20.3. The molecule has 7 nitrogen and oxygen atoms in total. The predicted molar refractivity (Wildman–Crippen MR) is 91.7 cm³/mol. The molecule has 144 valence electrons. The molecule has 1 N–H and O–H groups in total. The quantitative estimate of drug-likeness (QED) is 0.569. The summed E-state index contributed by atoms with van der Waals surface area (Å²) in [4.78, 5) is 21.8. The van der Waals surface area contributed by atoms with Gasteiger partial charge >= 0.3 is 6.18 Å². The number of hydrogen-bond acceptors (Lipinski definition) is 5. The van der Waals surface area contributed by atoms with E-state index in [0.717, 1.165) is 23.2 Å². The monoisotopic (exact) mass is 403 g/mol. The van der Waals surface area contributed by atoms with Crippen LogP contribution in [0, 0.1) is 10.1 Å². The lowest BCUT2D eigenvalue weighted by Crippen LogP contribution is -2.30. The lowest BCUT2D eigenvalue weighted by molar-refractivity contribution is -0.384. The Bertz CT molecular complexity index is 890. The van der Waals surface area contributed by atoms with Crippen molar-refractivity contribution >= 4 is 28.9 Å². The molecule has 0 aliphatic rings. The molecule has 0 aromatic heterocycles. The van der Waals surface area contributed by atoms with Gasteiger partial charge in [-0.15, -0.1) is 0 Å². The van der Waals surface area contributed by atoms with E-state index in [9.17, 15) is 28.1 Å². The van der Waals surface area contributed by atoms with Crippen molar-refractivity contribution in [2.45, 2.75) is 13.1 Å². The van der Waals surface area contributed by atoms with Crippen LogP contribution in [0.2, 0.25) is 5.02 Å². The Labute approximate surface area is 156 Å². The molecule has 1 amide bonds. The zero-order valence-corrected chi connectivity index (χ0v) is 14.8. The second-order valence-electron chi connectivity index (χ2n) is 5.37. The number of nitro groups is 1. The SMILES string of the molecule is CC(=O)N(C)Nc1cc(Oc2ccc(C(F)(F)F)cc2Cl)ccc1[N+](=O)[O-]. The van der Waals surface area contributed by atoms with Gasteiger partial charge in [0.1, 0.15) is 17.2 Å². The first-order valence-electron chi connectivity index (χ1n) is 7.33. The number of rotatable bonds is 5. The van der Waals surface area contributed by atoms with E-state index in [4.69, 9.17) is 16.3 Å². The van der Waals surface area contributed by atoms with E-state index in [2.05, 4.69) is 5.43 Å². The lowest BCUT2D eigenvalue weighted by atomic mass is 10.2. The molecule has 0 radical (unpaired) electrons. The van der Waals surface area contributed by atoms with E-state index in [-0.39, 0.29) is 27.9 Å².